The molecule has 258 valence electrons. The first-order valence-electron chi connectivity index (χ1n) is 19.0. The van der Waals surface area contributed by atoms with E-state index in [0.29, 0.717) is 0 Å². The Kier molecular flexibility index (Phi) is 7.11. The quantitative estimate of drug-likeness (QED) is 0.170. The molecular formula is C53H36N2. The van der Waals surface area contributed by atoms with Crippen LogP contribution in [-0.4, -0.2) is 0 Å². The fourth-order valence-corrected chi connectivity index (χ4v) is 9.41. The Morgan fingerprint density at radius 3 is 1.25 bits per heavy atom. The van der Waals surface area contributed by atoms with Crippen molar-refractivity contribution in [1.82, 2.24) is 0 Å². The third kappa shape index (κ3) is 4.68. The van der Waals surface area contributed by atoms with Crippen molar-refractivity contribution in [1.29, 1.82) is 0 Å². The van der Waals surface area contributed by atoms with Gasteiger partial charge in [-0.1, -0.05) is 152 Å². The number of para-hydroxylation sites is 3. The molecule has 2 aliphatic carbocycles. The molecule has 0 saturated carbocycles. The van der Waals surface area contributed by atoms with Gasteiger partial charge in [0.25, 0.3) is 0 Å². The summed E-state index contributed by atoms with van der Waals surface area (Å²) in [6, 6.07) is 79.9. The van der Waals surface area contributed by atoms with Gasteiger partial charge in [-0.2, -0.15) is 0 Å². The number of anilines is 6. The minimum Gasteiger partial charge on any atom is -0.310 e. The third-order valence-corrected chi connectivity index (χ3v) is 11.6. The summed E-state index contributed by atoms with van der Waals surface area (Å²) in [7, 11) is 0. The summed E-state index contributed by atoms with van der Waals surface area (Å²) in [5.74, 6) is 0. The largest absolute Gasteiger partial charge is 0.310 e. The Morgan fingerprint density at radius 1 is 0.273 bits per heavy atom. The van der Waals surface area contributed by atoms with Gasteiger partial charge in [0.15, 0.2) is 0 Å². The highest BCUT2D eigenvalue weighted by Gasteiger charge is 2.51. The number of nitrogens with zero attached hydrogens (tertiary/aromatic N) is 2. The molecule has 2 nitrogen and oxygen atoms in total. The van der Waals surface area contributed by atoms with Crippen LogP contribution in [0.2, 0.25) is 0 Å². The lowest BCUT2D eigenvalue weighted by atomic mass is 9.70. The van der Waals surface area contributed by atoms with Gasteiger partial charge in [-0.15, -0.1) is 0 Å². The second-order valence-electron chi connectivity index (χ2n) is 14.5. The summed E-state index contributed by atoms with van der Waals surface area (Å²) < 4.78 is 0. The van der Waals surface area contributed by atoms with Crippen molar-refractivity contribution in [3.05, 3.63) is 241 Å². The van der Waals surface area contributed by atoms with Gasteiger partial charge in [0.2, 0.25) is 0 Å². The van der Waals surface area contributed by atoms with Crippen molar-refractivity contribution in [3.63, 3.8) is 0 Å². The zero-order chi connectivity index (χ0) is 36.3. The van der Waals surface area contributed by atoms with Crippen LogP contribution in [0.5, 0.6) is 0 Å². The first-order chi connectivity index (χ1) is 27.3. The minimum atomic E-state index is -0.448. The van der Waals surface area contributed by atoms with Crippen LogP contribution in [0, 0.1) is 0 Å². The standard InChI is InChI=1S/C53H36N2/c1-4-19-38(20-5-1)54(39-21-6-2-7-22-39)41-31-33-50-46(35-41)44-26-12-14-28-48(44)53(50)49-29-15-13-27-45(49)47-36-42(32-34-51(47)53)55(40-23-8-3-9-24-40)52-30-16-18-37-17-10-11-25-43(37)52/h1-36H. The number of rotatable bonds is 6. The molecule has 55 heavy (non-hydrogen) atoms. The average Bonchev–Trinajstić information content (AvgIpc) is 3.72. The Bertz CT molecular complexity index is 2840. The van der Waals surface area contributed by atoms with Crippen molar-refractivity contribution in [3.8, 4) is 22.3 Å². The minimum absolute atomic E-state index is 0.448. The summed E-state index contributed by atoms with van der Waals surface area (Å²) in [6.07, 6.45) is 0. The lowest BCUT2D eigenvalue weighted by molar-refractivity contribution is 0.794. The van der Waals surface area contributed by atoms with Gasteiger partial charge in [0.1, 0.15) is 0 Å². The van der Waals surface area contributed by atoms with Gasteiger partial charge in [-0.05, 0) is 117 Å². The van der Waals surface area contributed by atoms with Crippen LogP contribution in [-0.2, 0) is 5.41 Å². The summed E-state index contributed by atoms with van der Waals surface area (Å²) in [6.45, 7) is 0. The van der Waals surface area contributed by atoms with Crippen LogP contribution >= 0.6 is 0 Å². The van der Waals surface area contributed by atoms with E-state index in [-0.39, 0.29) is 0 Å². The maximum atomic E-state index is 2.43. The second kappa shape index (κ2) is 12.5. The van der Waals surface area contributed by atoms with Crippen LogP contribution in [0.3, 0.4) is 0 Å². The summed E-state index contributed by atoms with van der Waals surface area (Å²) in [5.41, 5.74) is 16.8. The van der Waals surface area contributed by atoms with E-state index in [1.54, 1.807) is 0 Å². The molecule has 11 rings (SSSR count). The van der Waals surface area contributed by atoms with Crippen molar-refractivity contribution in [2.75, 3.05) is 9.80 Å². The van der Waals surface area contributed by atoms with Crippen molar-refractivity contribution < 1.29 is 0 Å². The van der Waals surface area contributed by atoms with E-state index in [1.165, 1.54) is 55.3 Å². The summed E-state index contributed by atoms with van der Waals surface area (Å²) in [5, 5.41) is 2.45. The molecule has 9 aromatic rings. The van der Waals surface area contributed by atoms with E-state index in [9.17, 15) is 0 Å². The van der Waals surface area contributed by atoms with Crippen LogP contribution < -0.4 is 9.80 Å². The molecule has 0 aliphatic heterocycles. The van der Waals surface area contributed by atoms with Gasteiger partial charge >= 0.3 is 0 Å². The van der Waals surface area contributed by atoms with Crippen molar-refractivity contribution in [2.24, 2.45) is 0 Å². The third-order valence-electron chi connectivity index (χ3n) is 11.6. The van der Waals surface area contributed by atoms with E-state index < -0.39 is 5.41 Å². The Balaban J connectivity index is 1.14. The maximum Gasteiger partial charge on any atom is 0.0725 e. The lowest BCUT2D eigenvalue weighted by Crippen LogP contribution is -2.26. The Morgan fingerprint density at radius 2 is 0.691 bits per heavy atom. The fraction of sp³-hybridized carbons (Fsp3) is 0.0189. The highest BCUT2D eigenvalue weighted by molar-refractivity contribution is 6.01. The number of hydrogen-bond donors (Lipinski definition) is 0. The highest BCUT2D eigenvalue weighted by atomic mass is 15.1. The predicted octanol–water partition coefficient (Wildman–Crippen LogP) is 14.1. The number of fused-ring (bicyclic) bond motifs is 11. The van der Waals surface area contributed by atoms with Crippen LogP contribution in [0.25, 0.3) is 33.0 Å². The summed E-state index contributed by atoms with van der Waals surface area (Å²) in [4.78, 5) is 4.78. The molecule has 0 N–H and O–H groups in total. The van der Waals surface area contributed by atoms with Crippen LogP contribution in [0.4, 0.5) is 34.1 Å². The zero-order valence-electron chi connectivity index (χ0n) is 30.2. The van der Waals surface area contributed by atoms with E-state index in [0.717, 1.165) is 34.1 Å². The first-order valence-corrected chi connectivity index (χ1v) is 19.0. The molecule has 0 fully saturated rings. The van der Waals surface area contributed by atoms with Gasteiger partial charge in [-0.3, -0.25) is 0 Å². The van der Waals surface area contributed by atoms with E-state index in [2.05, 4.69) is 228 Å². The molecule has 0 amide bonds. The van der Waals surface area contributed by atoms with E-state index >= 15 is 0 Å². The van der Waals surface area contributed by atoms with Gasteiger partial charge in [-0.25, -0.2) is 0 Å². The lowest BCUT2D eigenvalue weighted by Gasteiger charge is -2.32. The predicted molar refractivity (Wildman–Crippen MR) is 230 cm³/mol. The smallest absolute Gasteiger partial charge is 0.0725 e. The maximum absolute atomic E-state index is 2.43. The molecule has 0 radical (unpaired) electrons. The SMILES string of the molecule is c1ccc(N(c2ccccc2)c2ccc3c(c2)-c2ccccc2C32c3ccccc3-c3cc(N(c4ccccc4)c4cccc5ccccc45)ccc32)cc1. The molecular weight excluding hydrogens is 665 g/mol. The highest BCUT2D eigenvalue weighted by Crippen LogP contribution is 2.63. The summed E-state index contributed by atoms with van der Waals surface area (Å²) >= 11 is 0. The van der Waals surface area contributed by atoms with Crippen molar-refractivity contribution in [2.45, 2.75) is 5.41 Å². The number of benzene rings is 9. The Hall–Kier alpha value is -7.16. The molecule has 0 heterocycles. The average molecular weight is 701 g/mol. The molecule has 2 aliphatic rings. The monoisotopic (exact) mass is 700 g/mol. The van der Waals surface area contributed by atoms with Gasteiger partial charge < -0.3 is 9.80 Å². The number of hydrogen-bond acceptors (Lipinski definition) is 2. The Labute approximate surface area is 321 Å². The second-order valence-corrected chi connectivity index (χ2v) is 14.5. The van der Waals surface area contributed by atoms with E-state index in [1.807, 2.05) is 0 Å². The fourth-order valence-electron chi connectivity index (χ4n) is 9.41. The molecule has 9 aromatic carbocycles. The topological polar surface area (TPSA) is 6.48 Å². The van der Waals surface area contributed by atoms with Gasteiger partial charge in [0, 0.05) is 33.8 Å². The van der Waals surface area contributed by atoms with Crippen LogP contribution in [0.15, 0.2) is 218 Å². The van der Waals surface area contributed by atoms with E-state index in [4.69, 9.17) is 0 Å². The molecule has 0 aromatic heterocycles. The molecule has 1 atom stereocenters. The van der Waals surface area contributed by atoms with Crippen LogP contribution in [0.1, 0.15) is 22.3 Å². The van der Waals surface area contributed by atoms with Crippen molar-refractivity contribution >= 4 is 44.9 Å². The zero-order valence-corrected chi connectivity index (χ0v) is 30.2. The molecule has 1 spiro atoms. The molecule has 2 heteroatoms. The molecule has 0 saturated heterocycles. The normalized spacial score (nSPS) is 14.6. The first kappa shape index (κ1) is 31.4. The van der Waals surface area contributed by atoms with Gasteiger partial charge in [0.05, 0.1) is 11.1 Å². The molecule has 1 unspecified atom stereocenters. The molecule has 0 bridgehead atoms.